The number of likely N-dealkylation sites (tertiary alicyclic amines) is 2. The van der Waals surface area contributed by atoms with Crippen LogP contribution in [-0.2, 0) is 22.2 Å². The van der Waals surface area contributed by atoms with Crippen LogP contribution in [0.4, 0.5) is 28.2 Å². The molecule has 0 bridgehead atoms. The number of aliphatic hydroxyl groups is 1. The van der Waals surface area contributed by atoms with Gasteiger partial charge in [0.05, 0.1) is 22.6 Å². The number of halogens is 5. The summed E-state index contributed by atoms with van der Waals surface area (Å²) in [6.45, 7) is 3.59. The van der Waals surface area contributed by atoms with Crippen LogP contribution >= 0.6 is 11.6 Å². The first kappa shape index (κ1) is 52.8. The molecule has 6 aliphatic rings. The molecular formula is C57H63ClF4N8O7. The van der Waals surface area contributed by atoms with E-state index < -0.39 is 64.3 Å². The molecule has 1 unspecified atom stereocenters. The van der Waals surface area contributed by atoms with Crippen LogP contribution in [0.2, 0.25) is 5.02 Å². The molecule has 4 aliphatic heterocycles. The number of aryl methyl sites for hydroxylation is 1. The summed E-state index contributed by atoms with van der Waals surface area (Å²) in [6, 6.07) is 14.1. The van der Waals surface area contributed by atoms with Crippen molar-refractivity contribution < 1.29 is 51.3 Å². The Bertz CT molecular complexity index is 3160. The van der Waals surface area contributed by atoms with Crippen LogP contribution in [0, 0.1) is 29.2 Å². The molecule has 77 heavy (non-hydrogen) atoms. The van der Waals surface area contributed by atoms with Gasteiger partial charge >= 0.3 is 6.03 Å². The van der Waals surface area contributed by atoms with E-state index in [0.717, 1.165) is 50.5 Å². The first-order chi connectivity index (χ1) is 37.0. The Balaban J connectivity index is 0.741. The number of anilines is 1. The standard InChI is InChI=1S/C57H63ClF4N8O7/c1-31-44-42(28-40(60)48(58)47(44)46-37(52(63)73)13-14-41(49(46)61)76-26-25-71)77-57(31,34-7-4-3-5-8-34)30-64-35-11-9-33(10-12-35)54(74)70-24-17-36(29-56(70)19-6-20-56)68-21-15-32(16-22-68)45-39(59)27-38-51(50(45)62)67(2)66-53(38)69-23-18-43(72)65-55(69)75/h3-5,7-8,13-14,27-28,31-33,35-36,64,71H,6,9-12,15-26,29-30H2,1-2H3,(H2,63,73)(H,65,72,75)/t31-,33?,35?,36?,57-/m0/s1. The molecule has 5 N–H and O–H groups in total. The van der Waals surface area contributed by atoms with Crippen LogP contribution in [0.1, 0.15) is 123 Å². The fraction of sp³-hybridized carbons (Fsp3) is 0.491. The quantitative estimate of drug-likeness (QED) is 0.0832. The number of hydrogen-bond donors (Lipinski definition) is 4. The van der Waals surface area contributed by atoms with Gasteiger partial charge < -0.3 is 35.4 Å². The fourth-order valence-electron chi connectivity index (χ4n) is 13.7. The number of nitrogens with zero attached hydrogens (tertiary/aromatic N) is 5. The number of nitrogens with one attached hydrogen (secondary N) is 2. The predicted molar refractivity (Wildman–Crippen MR) is 280 cm³/mol. The van der Waals surface area contributed by atoms with E-state index in [-0.39, 0.29) is 112 Å². The van der Waals surface area contributed by atoms with Crippen molar-refractivity contribution in [3.05, 3.63) is 105 Å². The number of ether oxygens (including phenoxy) is 2. The molecule has 3 saturated heterocycles. The summed E-state index contributed by atoms with van der Waals surface area (Å²) in [4.78, 5) is 57.7. The number of aliphatic hydroxyl groups excluding tert-OH is 1. The second-order valence-electron chi connectivity index (χ2n) is 21.9. The summed E-state index contributed by atoms with van der Waals surface area (Å²) in [6.07, 6.45) is 8.65. The molecule has 5 amide bonds. The van der Waals surface area contributed by atoms with Gasteiger partial charge in [-0.3, -0.25) is 29.3 Å². The number of urea groups is 1. The van der Waals surface area contributed by atoms with Crippen molar-refractivity contribution in [3.8, 4) is 22.6 Å². The van der Waals surface area contributed by atoms with Crippen molar-refractivity contribution in [1.29, 1.82) is 0 Å². The summed E-state index contributed by atoms with van der Waals surface area (Å²) in [7, 11) is 1.56. The molecule has 5 aromatic rings. The Labute approximate surface area is 448 Å². The van der Waals surface area contributed by atoms with Crippen molar-refractivity contribution in [3.63, 3.8) is 0 Å². The second-order valence-corrected chi connectivity index (χ2v) is 22.3. The van der Waals surface area contributed by atoms with Crippen molar-refractivity contribution >= 4 is 52.1 Å². The molecule has 1 aromatic heterocycles. The number of nitrogens with two attached hydrogens (primary N) is 1. The van der Waals surface area contributed by atoms with Gasteiger partial charge in [-0.1, -0.05) is 48.9 Å². The topological polar surface area (TPSA) is 185 Å². The minimum absolute atomic E-state index is 0.0193. The third-order valence-corrected chi connectivity index (χ3v) is 18.2. The lowest BCUT2D eigenvalue weighted by atomic mass is 9.67. The van der Waals surface area contributed by atoms with E-state index in [2.05, 4.69) is 25.5 Å². The van der Waals surface area contributed by atoms with Crippen LogP contribution in [-0.4, -0.2) is 112 Å². The third kappa shape index (κ3) is 9.17. The smallest absolute Gasteiger partial charge is 0.329 e. The van der Waals surface area contributed by atoms with E-state index in [1.165, 1.54) is 33.8 Å². The Hall–Kier alpha value is -6.28. The molecule has 3 atom stereocenters. The first-order valence-corrected chi connectivity index (χ1v) is 27.3. The van der Waals surface area contributed by atoms with Crippen LogP contribution in [0.15, 0.2) is 54.6 Å². The molecule has 4 aromatic carbocycles. The number of aromatic nitrogens is 2. The summed E-state index contributed by atoms with van der Waals surface area (Å²) in [5.74, 6) is -5.48. The number of carbonyl (C=O) groups is 4. The lowest BCUT2D eigenvalue weighted by molar-refractivity contribution is -0.154. The summed E-state index contributed by atoms with van der Waals surface area (Å²) in [5, 5.41) is 19.5. The van der Waals surface area contributed by atoms with Crippen LogP contribution in [0.3, 0.4) is 0 Å². The van der Waals surface area contributed by atoms with Gasteiger partial charge in [-0.25, -0.2) is 22.4 Å². The van der Waals surface area contributed by atoms with Gasteiger partial charge in [-0.2, -0.15) is 5.10 Å². The van der Waals surface area contributed by atoms with Gasteiger partial charge in [0.2, 0.25) is 17.7 Å². The minimum Gasteiger partial charge on any atom is -0.488 e. The number of hydrogen-bond acceptors (Lipinski definition) is 10. The maximum atomic E-state index is 16.5. The third-order valence-electron chi connectivity index (χ3n) is 17.8. The first-order valence-electron chi connectivity index (χ1n) is 26.9. The van der Waals surface area contributed by atoms with Crippen molar-refractivity contribution in [2.24, 2.45) is 18.7 Å². The van der Waals surface area contributed by atoms with Crippen molar-refractivity contribution in [2.75, 3.05) is 50.8 Å². The monoisotopic (exact) mass is 1080 g/mol. The normalized spacial score (nSPS) is 24.7. The zero-order chi connectivity index (χ0) is 54.1. The second kappa shape index (κ2) is 20.8. The summed E-state index contributed by atoms with van der Waals surface area (Å²) >= 11 is 6.74. The molecule has 11 rings (SSSR count). The Kier molecular flexibility index (Phi) is 14.3. The molecule has 1 spiro atoms. The number of amides is 5. The largest absolute Gasteiger partial charge is 0.488 e. The van der Waals surface area contributed by atoms with E-state index in [4.69, 9.17) is 26.8 Å². The number of rotatable bonds is 13. The maximum absolute atomic E-state index is 16.5. The van der Waals surface area contributed by atoms with Crippen LogP contribution in [0.25, 0.3) is 22.0 Å². The predicted octanol–water partition coefficient (Wildman–Crippen LogP) is 8.70. The van der Waals surface area contributed by atoms with Gasteiger partial charge in [-0.05, 0) is 113 Å². The molecule has 0 radical (unpaired) electrons. The Morgan fingerprint density at radius 1 is 0.922 bits per heavy atom. The highest BCUT2D eigenvalue weighted by atomic mass is 35.5. The van der Waals surface area contributed by atoms with E-state index in [9.17, 15) is 24.3 Å². The van der Waals surface area contributed by atoms with E-state index >= 15 is 17.6 Å². The molecule has 2 aliphatic carbocycles. The number of imide groups is 1. The number of fused-ring (bicyclic) bond motifs is 2. The molecule has 20 heteroatoms. The zero-order valence-electron chi connectivity index (χ0n) is 43.1. The highest BCUT2D eigenvalue weighted by Crippen LogP contribution is 2.57. The fourth-order valence-corrected chi connectivity index (χ4v) is 13.9. The summed E-state index contributed by atoms with van der Waals surface area (Å²) in [5.41, 5.74) is 5.12. The molecule has 15 nitrogen and oxygen atoms in total. The number of piperidine rings is 2. The van der Waals surface area contributed by atoms with Gasteiger partial charge in [0.1, 0.15) is 29.5 Å². The number of benzene rings is 4. The van der Waals surface area contributed by atoms with E-state index in [1.54, 1.807) is 7.05 Å². The van der Waals surface area contributed by atoms with Gasteiger partial charge in [0, 0.05) is 90.9 Å². The van der Waals surface area contributed by atoms with Gasteiger partial charge in [-0.15, -0.1) is 0 Å². The van der Waals surface area contributed by atoms with Crippen molar-refractivity contribution in [1.82, 2.24) is 30.2 Å². The highest BCUT2D eigenvalue weighted by Gasteiger charge is 2.53. The van der Waals surface area contributed by atoms with Crippen LogP contribution in [0.5, 0.6) is 11.5 Å². The van der Waals surface area contributed by atoms with Crippen molar-refractivity contribution in [2.45, 2.75) is 119 Å². The SMILES string of the molecule is C[C@H]1c2c(cc(F)c(Cl)c2-c2c(C(N)=O)ccc(OCCO)c2F)O[C@]1(CNC1CCC(C(=O)N2CCC(N3CCC(c4c(F)cc5c(N6CCC(=O)NC6=O)nn(C)c5c4F)CC3)CC23CCC3)CC1)c1ccccc1. The summed E-state index contributed by atoms with van der Waals surface area (Å²) < 4.78 is 78.6. The Morgan fingerprint density at radius 2 is 1.66 bits per heavy atom. The molecule has 2 saturated carbocycles. The number of primary amides is 1. The number of carbonyl (C=O) groups excluding carboxylic acids is 4. The molecule has 408 valence electrons. The van der Waals surface area contributed by atoms with E-state index in [1.807, 2.05) is 37.3 Å². The minimum atomic E-state index is -1.14. The van der Waals surface area contributed by atoms with Gasteiger partial charge in [0.15, 0.2) is 28.8 Å². The van der Waals surface area contributed by atoms with Gasteiger partial charge in [0.25, 0.3) is 0 Å². The molecule has 5 heterocycles. The van der Waals surface area contributed by atoms with E-state index in [0.29, 0.717) is 50.9 Å². The molecule has 5 fully saturated rings. The molecular weight excluding hydrogens is 1020 g/mol. The Morgan fingerprint density at radius 3 is 2.34 bits per heavy atom. The van der Waals surface area contributed by atoms with Crippen LogP contribution < -0.4 is 30.7 Å². The highest BCUT2D eigenvalue weighted by molar-refractivity contribution is 6.34. The zero-order valence-corrected chi connectivity index (χ0v) is 43.9. The lowest BCUT2D eigenvalue weighted by Crippen LogP contribution is -2.64. The maximum Gasteiger partial charge on any atom is 0.329 e. The average Bonchev–Trinajstić information content (AvgIpc) is 4.06. The lowest BCUT2D eigenvalue weighted by Gasteiger charge is -2.58. The average molecular weight is 1080 g/mol.